The van der Waals surface area contributed by atoms with E-state index in [2.05, 4.69) is 5.32 Å². The van der Waals surface area contributed by atoms with Crippen LogP contribution in [0.2, 0.25) is 0 Å². The second-order valence-corrected chi connectivity index (χ2v) is 5.95. The molecule has 0 spiro atoms. The van der Waals surface area contributed by atoms with Crippen molar-refractivity contribution in [1.29, 1.82) is 0 Å². The third-order valence-corrected chi connectivity index (χ3v) is 4.28. The maximum Gasteiger partial charge on any atom is 0.241 e. The van der Waals surface area contributed by atoms with Crippen LogP contribution in [0.25, 0.3) is 0 Å². The highest BCUT2D eigenvalue weighted by Gasteiger charge is 2.18. The van der Waals surface area contributed by atoms with Gasteiger partial charge in [-0.3, -0.25) is 9.69 Å². The van der Waals surface area contributed by atoms with E-state index in [1.54, 1.807) is 14.2 Å². The van der Waals surface area contributed by atoms with Crippen LogP contribution in [-0.2, 0) is 11.2 Å². The van der Waals surface area contributed by atoms with Crippen molar-refractivity contribution < 1.29 is 14.3 Å². The quantitative estimate of drug-likeness (QED) is 0.800. The van der Waals surface area contributed by atoms with E-state index in [-0.39, 0.29) is 11.9 Å². The Morgan fingerprint density at radius 1 is 1.08 bits per heavy atom. The number of carbonyl (C=O) groups is 1. The van der Waals surface area contributed by atoms with Crippen molar-refractivity contribution in [3.8, 4) is 11.5 Å². The van der Waals surface area contributed by atoms with E-state index in [4.69, 9.17) is 9.47 Å². The van der Waals surface area contributed by atoms with Gasteiger partial charge in [0.25, 0.3) is 0 Å². The molecule has 134 valence electrons. The van der Waals surface area contributed by atoms with Gasteiger partial charge in [-0.1, -0.05) is 24.3 Å². The van der Waals surface area contributed by atoms with Crippen molar-refractivity contribution in [2.45, 2.75) is 19.4 Å². The molecule has 1 amide bonds. The average molecular weight is 342 g/mol. The maximum atomic E-state index is 12.4. The molecule has 2 aromatic carbocycles. The van der Waals surface area contributed by atoms with E-state index in [0.29, 0.717) is 0 Å². The molecule has 2 aromatic rings. The van der Waals surface area contributed by atoms with Gasteiger partial charge in [-0.05, 0) is 50.2 Å². The van der Waals surface area contributed by atoms with Gasteiger partial charge in [-0.25, -0.2) is 0 Å². The zero-order chi connectivity index (χ0) is 18.2. The molecule has 2 rings (SSSR count). The number of nitrogens with zero attached hydrogens (tertiary/aromatic N) is 1. The Hall–Kier alpha value is -2.53. The molecule has 5 heteroatoms. The van der Waals surface area contributed by atoms with E-state index < -0.39 is 0 Å². The van der Waals surface area contributed by atoms with Gasteiger partial charge in [-0.15, -0.1) is 0 Å². The normalized spacial score (nSPS) is 11.9. The minimum atomic E-state index is -0.222. The fourth-order valence-electron chi connectivity index (χ4n) is 2.50. The number of nitrogens with one attached hydrogen (secondary N) is 1. The average Bonchev–Trinajstić information content (AvgIpc) is 2.65. The zero-order valence-corrected chi connectivity index (χ0v) is 15.3. The number of methoxy groups -OCH3 is 2. The summed E-state index contributed by atoms with van der Waals surface area (Å²) in [6.45, 7) is 2.67. The first-order chi connectivity index (χ1) is 12.0. The third kappa shape index (κ3) is 5.22. The van der Waals surface area contributed by atoms with E-state index in [9.17, 15) is 4.79 Å². The number of carbonyl (C=O) groups excluding carboxylic acids is 1. The molecule has 25 heavy (non-hydrogen) atoms. The van der Waals surface area contributed by atoms with Gasteiger partial charge in [0.05, 0.1) is 20.3 Å². The molecule has 0 aliphatic heterocycles. The van der Waals surface area contributed by atoms with Crippen LogP contribution in [-0.4, -0.2) is 44.7 Å². The number of benzene rings is 2. The standard InChI is InChI=1S/C20H26N2O3/c1-15(20(23)21-17-8-6-5-7-9-17)22(2)13-12-16-10-11-18(24-3)19(14-16)25-4/h5-11,14-15H,12-13H2,1-4H3,(H,21,23)/t15-/m1/s1. The summed E-state index contributed by atoms with van der Waals surface area (Å²) in [4.78, 5) is 14.4. The third-order valence-electron chi connectivity index (χ3n) is 4.28. The van der Waals surface area contributed by atoms with Gasteiger partial charge in [0, 0.05) is 12.2 Å². The summed E-state index contributed by atoms with van der Waals surface area (Å²) >= 11 is 0. The second kappa shape index (κ2) is 9.08. The smallest absolute Gasteiger partial charge is 0.241 e. The summed E-state index contributed by atoms with van der Waals surface area (Å²) < 4.78 is 10.6. The van der Waals surface area contributed by atoms with Crippen LogP contribution in [0.4, 0.5) is 5.69 Å². The highest BCUT2D eigenvalue weighted by molar-refractivity contribution is 5.94. The molecule has 5 nitrogen and oxygen atoms in total. The van der Waals surface area contributed by atoms with Crippen LogP contribution in [0.5, 0.6) is 11.5 Å². The van der Waals surface area contributed by atoms with Gasteiger partial charge in [-0.2, -0.15) is 0 Å². The molecule has 0 aliphatic carbocycles. The predicted octanol–water partition coefficient (Wildman–Crippen LogP) is 3.21. The number of para-hydroxylation sites is 1. The maximum absolute atomic E-state index is 12.4. The van der Waals surface area contributed by atoms with Crippen LogP contribution in [0.15, 0.2) is 48.5 Å². The van der Waals surface area contributed by atoms with Crippen LogP contribution in [0.3, 0.4) is 0 Å². The molecular weight excluding hydrogens is 316 g/mol. The van der Waals surface area contributed by atoms with Gasteiger partial charge in [0.2, 0.25) is 5.91 Å². The molecule has 0 aliphatic rings. The fourth-order valence-corrected chi connectivity index (χ4v) is 2.50. The van der Waals surface area contributed by atoms with Gasteiger partial charge in [0.1, 0.15) is 0 Å². The topological polar surface area (TPSA) is 50.8 Å². The van der Waals surface area contributed by atoms with Gasteiger partial charge in [0.15, 0.2) is 11.5 Å². The first-order valence-corrected chi connectivity index (χ1v) is 8.32. The lowest BCUT2D eigenvalue weighted by Crippen LogP contribution is -2.40. The van der Waals surface area contributed by atoms with Crippen molar-refractivity contribution in [2.24, 2.45) is 0 Å². The number of rotatable bonds is 8. The van der Waals surface area contributed by atoms with Gasteiger partial charge >= 0.3 is 0 Å². The highest BCUT2D eigenvalue weighted by Crippen LogP contribution is 2.27. The molecule has 0 heterocycles. The monoisotopic (exact) mass is 342 g/mol. The first kappa shape index (κ1) is 18.8. The largest absolute Gasteiger partial charge is 0.493 e. The van der Waals surface area contributed by atoms with Crippen molar-refractivity contribution in [3.63, 3.8) is 0 Å². The zero-order valence-electron chi connectivity index (χ0n) is 15.3. The molecular formula is C20H26N2O3. The molecule has 1 N–H and O–H groups in total. The van der Waals surface area contributed by atoms with E-state index >= 15 is 0 Å². The van der Waals surface area contributed by atoms with Crippen LogP contribution < -0.4 is 14.8 Å². The van der Waals surface area contributed by atoms with Crippen molar-refractivity contribution in [2.75, 3.05) is 33.1 Å². The summed E-state index contributed by atoms with van der Waals surface area (Å²) in [5.74, 6) is 1.42. The summed E-state index contributed by atoms with van der Waals surface area (Å²) in [6, 6.07) is 15.2. The van der Waals surface area contributed by atoms with E-state index in [1.807, 2.05) is 67.4 Å². The number of likely N-dealkylation sites (N-methyl/N-ethyl adjacent to an activating group) is 1. The number of amides is 1. The van der Waals surface area contributed by atoms with Crippen LogP contribution in [0, 0.1) is 0 Å². The summed E-state index contributed by atoms with van der Waals surface area (Å²) in [7, 11) is 5.21. The van der Waals surface area contributed by atoms with Crippen molar-refractivity contribution >= 4 is 11.6 Å². The van der Waals surface area contributed by atoms with Crippen LogP contribution >= 0.6 is 0 Å². The molecule has 0 unspecified atom stereocenters. The SMILES string of the molecule is COc1ccc(CCN(C)[C@H](C)C(=O)Nc2ccccc2)cc1OC. The van der Waals surface area contributed by atoms with E-state index in [0.717, 1.165) is 35.7 Å². The summed E-state index contributed by atoms with van der Waals surface area (Å²) in [5, 5.41) is 2.94. The Balaban J connectivity index is 1.90. The number of anilines is 1. The van der Waals surface area contributed by atoms with Crippen LogP contribution in [0.1, 0.15) is 12.5 Å². The lowest BCUT2D eigenvalue weighted by molar-refractivity contribution is -0.120. The molecule has 0 aromatic heterocycles. The Morgan fingerprint density at radius 3 is 2.40 bits per heavy atom. The molecule has 1 atom stereocenters. The minimum absolute atomic E-state index is 0.0130. The Morgan fingerprint density at radius 2 is 1.76 bits per heavy atom. The Kier molecular flexibility index (Phi) is 6.83. The summed E-state index contributed by atoms with van der Waals surface area (Å²) in [5.41, 5.74) is 1.95. The minimum Gasteiger partial charge on any atom is -0.493 e. The van der Waals surface area contributed by atoms with Crippen molar-refractivity contribution in [3.05, 3.63) is 54.1 Å². The second-order valence-electron chi connectivity index (χ2n) is 5.95. The van der Waals surface area contributed by atoms with Gasteiger partial charge < -0.3 is 14.8 Å². The summed E-state index contributed by atoms with van der Waals surface area (Å²) in [6.07, 6.45) is 0.819. The predicted molar refractivity (Wildman–Crippen MR) is 100 cm³/mol. The molecule has 0 bridgehead atoms. The highest BCUT2D eigenvalue weighted by atomic mass is 16.5. The molecule has 0 saturated carbocycles. The number of hydrogen-bond acceptors (Lipinski definition) is 4. The van der Waals surface area contributed by atoms with E-state index in [1.165, 1.54) is 0 Å². The fraction of sp³-hybridized carbons (Fsp3) is 0.350. The Labute approximate surface area is 149 Å². The lowest BCUT2D eigenvalue weighted by atomic mass is 10.1. The number of ether oxygens (including phenoxy) is 2. The first-order valence-electron chi connectivity index (χ1n) is 8.32. The Bertz CT molecular complexity index is 689. The molecule has 0 fully saturated rings. The van der Waals surface area contributed by atoms with Crippen molar-refractivity contribution in [1.82, 2.24) is 4.90 Å². The number of hydrogen-bond donors (Lipinski definition) is 1. The molecule has 0 radical (unpaired) electrons. The molecule has 0 saturated heterocycles. The lowest BCUT2D eigenvalue weighted by Gasteiger charge is -2.24.